The fraction of sp³-hybridized carbons (Fsp3) is 0.667. The molecule has 0 aliphatic carbocycles. The lowest BCUT2D eigenvalue weighted by molar-refractivity contribution is -0.133. The average molecular weight is 196 g/mol. The molecule has 1 aliphatic heterocycles. The summed E-state index contributed by atoms with van der Waals surface area (Å²) >= 11 is 0. The van der Waals surface area contributed by atoms with Gasteiger partial charge in [-0.05, 0) is 26.7 Å². The standard InChI is InChI=1S/C12H20O2/c1-4-5-6-7-8-9-11-10-13-12(2,3)14-11/h5-6,8-9,11H,4,7,10H2,1-3H3/b6-5-,9-8-/t11-/m0/s1. The molecule has 80 valence electrons. The fourth-order valence-corrected chi connectivity index (χ4v) is 1.38. The molecular formula is C12H20O2. The highest BCUT2D eigenvalue weighted by Gasteiger charge is 2.30. The van der Waals surface area contributed by atoms with Gasteiger partial charge in [-0.3, -0.25) is 0 Å². The van der Waals surface area contributed by atoms with Crippen molar-refractivity contribution in [3.8, 4) is 0 Å². The Morgan fingerprint density at radius 3 is 2.64 bits per heavy atom. The van der Waals surface area contributed by atoms with Gasteiger partial charge in [-0.2, -0.15) is 0 Å². The first kappa shape index (κ1) is 11.5. The summed E-state index contributed by atoms with van der Waals surface area (Å²) in [5.74, 6) is -0.408. The molecule has 0 unspecified atom stereocenters. The lowest BCUT2D eigenvalue weighted by Crippen LogP contribution is -2.20. The van der Waals surface area contributed by atoms with Crippen LogP contribution in [0.4, 0.5) is 0 Å². The van der Waals surface area contributed by atoms with E-state index in [1.165, 1.54) is 0 Å². The van der Waals surface area contributed by atoms with Gasteiger partial charge in [0.05, 0.1) is 6.61 Å². The molecular weight excluding hydrogens is 176 g/mol. The van der Waals surface area contributed by atoms with E-state index in [4.69, 9.17) is 9.47 Å². The molecule has 0 aromatic carbocycles. The van der Waals surface area contributed by atoms with Crippen molar-refractivity contribution < 1.29 is 9.47 Å². The number of rotatable bonds is 4. The number of allylic oxidation sites excluding steroid dienone is 3. The monoisotopic (exact) mass is 196 g/mol. The summed E-state index contributed by atoms with van der Waals surface area (Å²) in [5.41, 5.74) is 0. The van der Waals surface area contributed by atoms with E-state index in [1.54, 1.807) is 0 Å². The molecule has 0 aromatic rings. The van der Waals surface area contributed by atoms with Gasteiger partial charge < -0.3 is 9.47 Å². The topological polar surface area (TPSA) is 18.5 Å². The van der Waals surface area contributed by atoms with E-state index in [0.717, 1.165) is 12.8 Å². The molecule has 0 aromatic heterocycles. The molecule has 1 atom stereocenters. The smallest absolute Gasteiger partial charge is 0.163 e. The quantitative estimate of drug-likeness (QED) is 0.643. The molecule has 2 nitrogen and oxygen atoms in total. The van der Waals surface area contributed by atoms with Crippen LogP contribution in [0.2, 0.25) is 0 Å². The lowest BCUT2D eigenvalue weighted by Gasteiger charge is -2.15. The van der Waals surface area contributed by atoms with Crippen LogP contribution >= 0.6 is 0 Å². The zero-order valence-electron chi connectivity index (χ0n) is 9.32. The van der Waals surface area contributed by atoms with E-state index in [1.807, 2.05) is 13.8 Å². The van der Waals surface area contributed by atoms with E-state index >= 15 is 0 Å². The minimum Gasteiger partial charge on any atom is -0.347 e. The van der Waals surface area contributed by atoms with Gasteiger partial charge in [-0.1, -0.05) is 31.2 Å². The summed E-state index contributed by atoms with van der Waals surface area (Å²) in [7, 11) is 0. The molecule has 14 heavy (non-hydrogen) atoms. The first-order valence-electron chi connectivity index (χ1n) is 5.27. The predicted molar refractivity (Wildman–Crippen MR) is 58.1 cm³/mol. The van der Waals surface area contributed by atoms with E-state index in [9.17, 15) is 0 Å². The first-order chi connectivity index (χ1) is 6.64. The minimum absolute atomic E-state index is 0.125. The minimum atomic E-state index is -0.408. The molecule has 2 heteroatoms. The number of hydrogen-bond donors (Lipinski definition) is 0. The Hall–Kier alpha value is -0.600. The van der Waals surface area contributed by atoms with Crippen LogP contribution in [0.3, 0.4) is 0 Å². The van der Waals surface area contributed by atoms with Gasteiger partial charge in [0.15, 0.2) is 5.79 Å². The summed E-state index contributed by atoms with van der Waals surface area (Å²) in [6.07, 6.45) is 10.7. The first-order valence-corrected chi connectivity index (χ1v) is 5.27. The Morgan fingerprint density at radius 1 is 1.29 bits per heavy atom. The summed E-state index contributed by atoms with van der Waals surface area (Å²) in [6, 6.07) is 0. The largest absolute Gasteiger partial charge is 0.347 e. The van der Waals surface area contributed by atoms with Crippen LogP contribution in [0, 0.1) is 0 Å². The molecule has 1 fully saturated rings. The van der Waals surface area contributed by atoms with Crippen LogP contribution in [0.15, 0.2) is 24.3 Å². The van der Waals surface area contributed by atoms with Crippen molar-refractivity contribution in [2.24, 2.45) is 0 Å². The van der Waals surface area contributed by atoms with Crippen molar-refractivity contribution in [1.82, 2.24) is 0 Å². The lowest BCUT2D eigenvalue weighted by atomic mass is 10.2. The second kappa shape index (κ2) is 5.32. The summed E-state index contributed by atoms with van der Waals surface area (Å²) < 4.78 is 11.1. The Balaban J connectivity index is 2.22. The average Bonchev–Trinajstić information content (AvgIpc) is 2.45. The third-order valence-electron chi connectivity index (χ3n) is 2.06. The van der Waals surface area contributed by atoms with Crippen LogP contribution in [0.5, 0.6) is 0 Å². The molecule has 1 rings (SSSR count). The van der Waals surface area contributed by atoms with Crippen LogP contribution in [-0.4, -0.2) is 18.5 Å². The van der Waals surface area contributed by atoms with Gasteiger partial charge in [0.2, 0.25) is 0 Å². The third kappa shape index (κ3) is 4.07. The molecule has 0 saturated carbocycles. The van der Waals surface area contributed by atoms with Crippen molar-refractivity contribution in [2.45, 2.75) is 45.5 Å². The molecule has 0 spiro atoms. The highest BCUT2D eigenvalue weighted by molar-refractivity contribution is 4.97. The van der Waals surface area contributed by atoms with Gasteiger partial charge in [0.25, 0.3) is 0 Å². The van der Waals surface area contributed by atoms with Crippen molar-refractivity contribution in [2.75, 3.05) is 6.61 Å². The van der Waals surface area contributed by atoms with Crippen LogP contribution in [-0.2, 0) is 9.47 Å². The van der Waals surface area contributed by atoms with Gasteiger partial charge in [0, 0.05) is 0 Å². The third-order valence-corrected chi connectivity index (χ3v) is 2.06. The molecule has 1 heterocycles. The van der Waals surface area contributed by atoms with Crippen LogP contribution in [0.25, 0.3) is 0 Å². The van der Waals surface area contributed by atoms with Gasteiger partial charge >= 0.3 is 0 Å². The van der Waals surface area contributed by atoms with Crippen LogP contribution in [0.1, 0.15) is 33.6 Å². The molecule has 0 N–H and O–H groups in total. The summed E-state index contributed by atoms with van der Waals surface area (Å²) in [4.78, 5) is 0. The maximum absolute atomic E-state index is 5.62. The van der Waals surface area contributed by atoms with Gasteiger partial charge in [-0.25, -0.2) is 0 Å². The Labute approximate surface area is 86.6 Å². The summed E-state index contributed by atoms with van der Waals surface area (Å²) in [5, 5.41) is 0. The maximum atomic E-state index is 5.62. The van der Waals surface area contributed by atoms with E-state index in [2.05, 4.69) is 31.2 Å². The number of hydrogen-bond acceptors (Lipinski definition) is 2. The fourth-order valence-electron chi connectivity index (χ4n) is 1.38. The molecule has 0 amide bonds. The molecule has 0 radical (unpaired) electrons. The van der Waals surface area contributed by atoms with Crippen molar-refractivity contribution in [1.29, 1.82) is 0 Å². The van der Waals surface area contributed by atoms with Crippen molar-refractivity contribution in [3.63, 3.8) is 0 Å². The highest BCUT2D eigenvalue weighted by atomic mass is 16.7. The molecule has 1 aliphatic rings. The predicted octanol–water partition coefficient (Wildman–Crippen LogP) is 3.05. The zero-order valence-corrected chi connectivity index (χ0v) is 9.32. The van der Waals surface area contributed by atoms with Gasteiger partial charge in [0.1, 0.15) is 6.10 Å². The van der Waals surface area contributed by atoms with E-state index in [-0.39, 0.29) is 6.10 Å². The second-order valence-electron chi connectivity index (χ2n) is 3.91. The Morgan fingerprint density at radius 2 is 2.07 bits per heavy atom. The Bertz CT molecular complexity index is 216. The highest BCUT2D eigenvalue weighted by Crippen LogP contribution is 2.22. The molecule has 0 bridgehead atoms. The SMILES string of the molecule is CC/C=C\C/C=C\[C@H]1COC(C)(C)O1. The maximum Gasteiger partial charge on any atom is 0.163 e. The van der Waals surface area contributed by atoms with E-state index < -0.39 is 5.79 Å². The van der Waals surface area contributed by atoms with Crippen LogP contribution < -0.4 is 0 Å². The zero-order chi connectivity index (χ0) is 10.4. The normalized spacial score (nSPS) is 26.6. The van der Waals surface area contributed by atoms with Gasteiger partial charge in [-0.15, -0.1) is 0 Å². The summed E-state index contributed by atoms with van der Waals surface area (Å²) in [6.45, 7) is 6.69. The van der Waals surface area contributed by atoms with Crippen molar-refractivity contribution >= 4 is 0 Å². The number of ether oxygens (including phenoxy) is 2. The Kier molecular flexibility index (Phi) is 4.36. The second-order valence-corrected chi connectivity index (χ2v) is 3.91. The van der Waals surface area contributed by atoms with E-state index in [0.29, 0.717) is 6.61 Å². The van der Waals surface area contributed by atoms with Crippen molar-refractivity contribution in [3.05, 3.63) is 24.3 Å². The molecule has 1 saturated heterocycles.